The van der Waals surface area contributed by atoms with Crippen molar-refractivity contribution >= 4 is 5.97 Å². The summed E-state index contributed by atoms with van der Waals surface area (Å²) >= 11 is 0. The SMILES string of the molecule is CCc1ccccc1-n1nc(C)c(CCC(=O)O)c1C. The zero-order valence-electron chi connectivity index (χ0n) is 12.2. The van der Waals surface area contributed by atoms with Crippen LogP contribution in [0.5, 0.6) is 0 Å². The van der Waals surface area contributed by atoms with Gasteiger partial charge in [-0.05, 0) is 43.9 Å². The lowest BCUT2D eigenvalue weighted by Gasteiger charge is -2.10. The third kappa shape index (κ3) is 2.74. The molecule has 1 aromatic heterocycles. The molecule has 0 saturated carbocycles. The van der Waals surface area contributed by atoms with Crippen LogP contribution in [-0.4, -0.2) is 20.9 Å². The van der Waals surface area contributed by atoms with Crippen LogP contribution in [0.3, 0.4) is 0 Å². The van der Waals surface area contributed by atoms with Gasteiger partial charge in [0, 0.05) is 12.1 Å². The normalized spacial score (nSPS) is 10.8. The highest BCUT2D eigenvalue weighted by atomic mass is 16.4. The zero-order valence-corrected chi connectivity index (χ0v) is 12.2. The second-order valence-electron chi connectivity index (χ2n) is 4.94. The van der Waals surface area contributed by atoms with E-state index in [2.05, 4.69) is 24.2 Å². The number of nitrogens with zero attached hydrogens (tertiary/aromatic N) is 2. The first-order chi connectivity index (χ1) is 9.54. The van der Waals surface area contributed by atoms with Crippen molar-refractivity contribution in [2.24, 2.45) is 0 Å². The van der Waals surface area contributed by atoms with Gasteiger partial charge >= 0.3 is 5.97 Å². The first-order valence-electron chi connectivity index (χ1n) is 6.89. The minimum Gasteiger partial charge on any atom is -0.481 e. The molecule has 0 fully saturated rings. The predicted octanol–water partition coefficient (Wildman–Crippen LogP) is 3.07. The Morgan fingerprint density at radius 3 is 2.65 bits per heavy atom. The Balaban J connectivity index is 2.43. The summed E-state index contributed by atoms with van der Waals surface area (Å²) in [6, 6.07) is 8.18. The van der Waals surface area contributed by atoms with Gasteiger partial charge in [0.2, 0.25) is 0 Å². The highest BCUT2D eigenvalue weighted by Gasteiger charge is 2.15. The van der Waals surface area contributed by atoms with E-state index in [9.17, 15) is 4.79 Å². The lowest BCUT2D eigenvalue weighted by atomic mass is 10.1. The number of aliphatic carboxylic acids is 1. The molecular weight excluding hydrogens is 252 g/mol. The van der Waals surface area contributed by atoms with Crippen LogP contribution in [0.15, 0.2) is 24.3 Å². The van der Waals surface area contributed by atoms with Crippen LogP contribution in [0.25, 0.3) is 5.69 Å². The summed E-state index contributed by atoms with van der Waals surface area (Å²) in [5.41, 5.74) is 5.30. The number of aromatic nitrogens is 2. The molecule has 106 valence electrons. The van der Waals surface area contributed by atoms with Gasteiger partial charge in [0.15, 0.2) is 0 Å². The second-order valence-corrected chi connectivity index (χ2v) is 4.94. The molecule has 2 aromatic rings. The Labute approximate surface area is 119 Å². The van der Waals surface area contributed by atoms with Crippen molar-refractivity contribution in [3.8, 4) is 5.69 Å². The van der Waals surface area contributed by atoms with Gasteiger partial charge in [0.25, 0.3) is 0 Å². The summed E-state index contributed by atoms with van der Waals surface area (Å²) in [6.45, 7) is 6.06. The number of aryl methyl sites for hydroxylation is 2. The fourth-order valence-electron chi connectivity index (χ4n) is 2.52. The minimum atomic E-state index is -0.773. The van der Waals surface area contributed by atoms with E-state index in [1.165, 1.54) is 5.56 Å². The van der Waals surface area contributed by atoms with Crippen LogP contribution >= 0.6 is 0 Å². The van der Waals surface area contributed by atoms with Gasteiger partial charge in [-0.3, -0.25) is 4.79 Å². The zero-order chi connectivity index (χ0) is 14.7. The standard InChI is InChI=1S/C16H20N2O2/c1-4-13-7-5-6-8-15(13)18-12(3)14(11(2)17-18)9-10-16(19)20/h5-8H,4,9-10H2,1-3H3,(H,19,20). The van der Waals surface area contributed by atoms with Crippen molar-refractivity contribution in [2.75, 3.05) is 0 Å². The number of rotatable bonds is 5. The van der Waals surface area contributed by atoms with Crippen molar-refractivity contribution in [3.05, 3.63) is 46.8 Å². The molecule has 0 saturated heterocycles. The molecule has 0 unspecified atom stereocenters. The Bertz CT molecular complexity index is 629. The van der Waals surface area contributed by atoms with E-state index in [0.717, 1.165) is 29.1 Å². The molecule has 0 aliphatic carbocycles. The maximum Gasteiger partial charge on any atom is 0.303 e. The molecule has 0 amide bonds. The summed E-state index contributed by atoms with van der Waals surface area (Å²) in [6.07, 6.45) is 1.61. The topological polar surface area (TPSA) is 55.1 Å². The Morgan fingerprint density at radius 2 is 2.00 bits per heavy atom. The maximum atomic E-state index is 10.7. The molecule has 0 atom stereocenters. The second kappa shape index (κ2) is 5.90. The van der Waals surface area contributed by atoms with E-state index >= 15 is 0 Å². The first-order valence-corrected chi connectivity index (χ1v) is 6.89. The Morgan fingerprint density at radius 1 is 1.30 bits per heavy atom. The molecule has 0 bridgehead atoms. The van der Waals surface area contributed by atoms with Gasteiger partial charge in [-0.25, -0.2) is 4.68 Å². The number of benzene rings is 1. The highest BCUT2D eigenvalue weighted by molar-refractivity contribution is 5.67. The van der Waals surface area contributed by atoms with Crippen LogP contribution < -0.4 is 0 Å². The van der Waals surface area contributed by atoms with E-state index < -0.39 is 5.97 Å². The molecule has 1 heterocycles. The molecule has 2 rings (SSSR count). The van der Waals surface area contributed by atoms with Gasteiger partial charge in [-0.1, -0.05) is 25.1 Å². The van der Waals surface area contributed by atoms with E-state index in [0.29, 0.717) is 6.42 Å². The van der Waals surface area contributed by atoms with Crippen molar-refractivity contribution in [1.29, 1.82) is 0 Å². The van der Waals surface area contributed by atoms with E-state index in [4.69, 9.17) is 5.11 Å². The molecule has 20 heavy (non-hydrogen) atoms. The Hall–Kier alpha value is -2.10. The average molecular weight is 272 g/mol. The Kier molecular flexibility index (Phi) is 4.23. The van der Waals surface area contributed by atoms with Gasteiger partial charge < -0.3 is 5.11 Å². The maximum absolute atomic E-state index is 10.7. The van der Waals surface area contributed by atoms with Crippen molar-refractivity contribution in [2.45, 2.75) is 40.0 Å². The molecule has 0 spiro atoms. The summed E-state index contributed by atoms with van der Waals surface area (Å²) in [7, 11) is 0. The minimum absolute atomic E-state index is 0.142. The monoisotopic (exact) mass is 272 g/mol. The molecule has 0 aliphatic rings. The number of carboxylic acids is 1. The lowest BCUT2D eigenvalue weighted by Crippen LogP contribution is -2.04. The molecule has 0 aliphatic heterocycles. The van der Waals surface area contributed by atoms with E-state index in [1.54, 1.807) is 0 Å². The predicted molar refractivity (Wildman–Crippen MR) is 78.4 cm³/mol. The summed E-state index contributed by atoms with van der Waals surface area (Å²) in [4.78, 5) is 10.7. The van der Waals surface area contributed by atoms with Gasteiger partial charge in [-0.15, -0.1) is 0 Å². The summed E-state index contributed by atoms with van der Waals surface area (Å²) in [5, 5.41) is 13.4. The number of hydrogen-bond donors (Lipinski definition) is 1. The third-order valence-corrected chi connectivity index (χ3v) is 3.63. The van der Waals surface area contributed by atoms with Crippen molar-refractivity contribution < 1.29 is 9.90 Å². The van der Waals surface area contributed by atoms with Gasteiger partial charge in [0.05, 0.1) is 11.4 Å². The molecule has 1 aromatic carbocycles. The average Bonchev–Trinajstić information content (AvgIpc) is 2.71. The van der Waals surface area contributed by atoms with Crippen molar-refractivity contribution in [1.82, 2.24) is 9.78 Å². The summed E-state index contributed by atoms with van der Waals surface area (Å²) in [5.74, 6) is -0.773. The number of hydrogen-bond acceptors (Lipinski definition) is 2. The molecular formula is C16H20N2O2. The van der Waals surface area contributed by atoms with Gasteiger partial charge in [-0.2, -0.15) is 5.10 Å². The number of para-hydroxylation sites is 1. The lowest BCUT2D eigenvalue weighted by molar-refractivity contribution is -0.136. The van der Waals surface area contributed by atoms with Crippen LogP contribution in [0.1, 0.15) is 35.9 Å². The third-order valence-electron chi connectivity index (χ3n) is 3.63. The fraction of sp³-hybridized carbons (Fsp3) is 0.375. The fourth-order valence-corrected chi connectivity index (χ4v) is 2.52. The van der Waals surface area contributed by atoms with Gasteiger partial charge in [0.1, 0.15) is 0 Å². The quantitative estimate of drug-likeness (QED) is 0.910. The molecule has 4 heteroatoms. The van der Waals surface area contributed by atoms with Crippen LogP contribution in [0, 0.1) is 13.8 Å². The largest absolute Gasteiger partial charge is 0.481 e. The van der Waals surface area contributed by atoms with E-state index in [-0.39, 0.29) is 6.42 Å². The van der Waals surface area contributed by atoms with Crippen LogP contribution in [-0.2, 0) is 17.6 Å². The summed E-state index contributed by atoms with van der Waals surface area (Å²) < 4.78 is 1.94. The van der Waals surface area contributed by atoms with Crippen molar-refractivity contribution in [3.63, 3.8) is 0 Å². The smallest absolute Gasteiger partial charge is 0.303 e. The first kappa shape index (κ1) is 14.3. The molecule has 1 N–H and O–H groups in total. The number of carbonyl (C=O) groups is 1. The molecule has 0 radical (unpaired) electrons. The van der Waals surface area contributed by atoms with E-state index in [1.807, 2.05) is 30.7 Å². The van der Waals surface area contributed by atoms with Crippen LogP contribution in [0.4, 0.5) is 0 Å². The molecule has 4 nitrogen and oxygen atoms in total. The number of carboxylic acid groups (broad SMARTS) is 1. The van der Waals surface area contributed by atoms with Crippen LogP contribution in [0.2, 0.25) is 0 Å². The highest BCUT2D eigenvalue weighted by Crippen LogP contribution is 2.22.